The Morgan fingerprint density at radius 1 is 1.15 bits per heavy atom. The predicted octanol–water partition coefficient (Wildman–Crippen LogP) is 5.77. The van der Waals surface area contributed by atoms with Gasteiger partial charge >= 0.3 is 0 Å². The molecule has 5 heterocycles. The maximum Gasteiger partial charge on any atom is 0.227 e. The quantitative estimate of drug-likeness (QED) is 0.272. The summed E-state index contributed by atoms with van der Waals surface area (Å²) in [4.78, 5) is 19.9. The van der Waals surface area contributed by atoms with E-state index in [4.69, 9.17) is 14.5 Å². The van der Waals surface area contributed by atoms with Crippen molar-refractivity contribution in [3.8, 4) is 22.8 Å². The normalized spacial score (nSPS) is 19.1. The SMILES string of the molecule is COc1nc(C)ccc1-c1c(CO)sc2cnc(Nc3ccc(N4CCC5(CCCN5C)C4)cc3OC(C)C)nc12. The molecule has 0 aliphatic carbocycles. The lowest BCUT2D eigenvalue weighted by molar-refractivity contribution is 0.198. The number of thiophene rings is 1. The number of hydrogen-bond donors (Lipinski definition) is 2. The lowest BCUT2D eigenvalue weighted by Gasteiger charge is -2.32. The molecule has 0 amide bonds. The van der Waals surface area contributed by atoms with Crippen LogP contribution in [0.3, 0.4) is 0 Å². The minimum atomic E-state index is -0.114. The number of benzene rings is 1. The van der Waals surface area contributed by atoms with Gasteiger partial charge in [0.1, 0.15) is 5.75 Å². The Bertz CT molecular complexity index is 1570. The Morgan fingerprint density at radius 3 is 2.73 bits per heavy atom. The lowest BCUT2D eigenvalue weighted by Crippen LogP contribution is -2.43. The summed E-state index contributed by atoms with van der Waals surface area (Å²) < 4.78 is 12.8. The van der Waals surface area contributed by atoms with Crippen LogP contribution in [-0.4, -0.2) is 70.4 Å². The monoisotopic (exact) mass is 574 g/mol. The highest BCUT2D eigenvalue weighted by Gasteiger charge is 2.44. The van der Waals surface area contributed by atoms with Crippen LogP contribution in [0.25, 0.3) is 21.3 Å². The van der Waals surface area contributed by atoms with Crippen LogP contribution in [0.4, 0.5) is 17.3 Å². The first-order chi connectivity index (χ1) is 19.8. The van der Waals surface area contributed by atoms with Crippen LogP contribution in [0.2, 0.25) is 0 Å². The molecule has 1 spiro atoms. The number of aliphatic hydroxyl groups excluding tert-OH is 1. The molecular weight excluding hydrogens is 536 g/mol. The van der Waals surface area contributed by atoms with Crippen molar-refractivity contribution in [3.05, 3.63) is 47.1 Å². The minimum absolute atomic E-state index is 0.0113. The molecule has 0 radical (unpaired) electrons. The number of hydrogen-bond acceptors (Lipinski definition) is 10. The fourth-order valence-corrected chi connectivity index (χ4v) is 7.21. The number of ether oxygens (including phenoxy) is 2. The molecule has 0 bridgehead atoms. The van der Waals surface area contributed by atoms with E-state index < -0.39 is 0 Å². The van der Waals surface area contributed by atoms with E-state index in [1.807, 2.05) is 32.9 Å². The Hall–Kier alpha value is -3.47. The molecule has 1 atom stereocenters. The van der Waals surface area contributed by atoms with Crippen molar-refractivity contribution in [3.63, 3.8) is 0 Å². The highest BCUT2D eigenvalue weighted by Crippen LogP contribution is 2.43. The fraction of sp³-hybridized carbons (Fsp3) is 0.452. The minimum Gasteiger partial charge on any atom is -0.489 e. The highest BCUT2D eigenvalue weighted by atomic mass is 32.1. The number of rotatable bonds is 8. The van der Waals surface area contributed by atoms with Crippen LogP contribution in [-0.2, 0) is 6.61 Å². The maximum absolute atomic E-state index is 10.2. The second kappa shape index (κ2) is 11.1. The van der Waals surface area contributed by atoms with Crippen molar-refractivity contribution in [2.24, 2.45) is 0 Å². The molecule has 6 rings (SSSR count). The molecule has 2 fully saturated rings. The van der Waals surface area contributed by atoms with Gasteiger partial charge in [-0.05, 0) is 77.9 Å². The Kier molecular flexibility index (Phi) is 7.48. The second-order valence-electron chi connectivity index (χ2n) is 11.4. The topological polar surface area (TPSA) is 95.9 Å². The van der Waals surface area contributed by atoms with Gasteiger partial charge in [-0.3, -0.25) is 4.90 Å². The Morgan fingerprint density at radius 2 is 2.00 bits per heavy atom. The summed E-state index contributed by atoms with van der Waals surface area (Å²) in [5, 5.41) is 13.6. The van der Waals surface area contributed by atoms with Crippen molar-refractivity contribution in [1.29, 1.82) is 0 Å². The van der Waals surface area contributed by atoms with Crippen LogP contribution in [0.15, 0.2) is 36.5 Å². The molecule has 2 aliphatic heterocycles. The average Bonchev–Trinajstić information content (AvgIpc) is 3.66. The first-order valence-electron chi connectivity index (χ1n) is 14.3. The van der Waals surface area contributed by atoms with Gasteiger partial charge in [0.25, 0.3) is 0 Å². The number of likely N-dealkylation sites (N-methyl/N-ethyl adjacent to an activating group) is 1. The number of pyridine rings is 1. The van der Waals surface area contributed by atoms with E-state index >= 15 is 0 Å². The third-order valence-electron chi connectivity index (χ3n) is 8.33. The standard InChI is InChI=1S/C31H38N6O3S/c1-19(2)40-24-15-21(37-14-12-31(18-37)11-6-13-36(31)4)8-10-23(24)34-30-32-16-25-28(35-30)27(26(17-38)41-25)22-9-7-20(3)33-29(22)39-5/h7-10,15-16,19,38H,6,11-14,17-18H2,1-5H3,(H,32,34,35). The smallest absolute Gasteiger partial charge is 0.227 e. The largest absolute Gasteiger partial charge is 0.489 e. The third kappa shape index (κ3) is 5.20. The Balaban J connectivity index is 1.34. The van der Waals surface area contributed by atoms with E-state index in [1.165, 1.54) is 42.8 Å². The van der Waals surface area contributed by atoms with E-state index in [0.717, 1.165) is 56.4 Å². The lowest BCUT2D eigenvalue weighted by atomic mass is 9.96. The van der Waals surface area contributed by atoms with Gasteiger partial charge in [-0.15, -0.1) is 11.3 Å². The van der Waals surface area contributed by atoms with Crippen molar-refractivity contribution >= 4 is 38.9 Å². The number of nitrogens with one attached hydrogen (secondary N) is 1. The molecule has 2 aliphatic rings. The first kappa shape index (κ1) is 27.7. The summed E-state index contributed by atoms with van der Waals surface area (Å²) in [6.07, 6.45) is 5.54. The van der Waals surface area contributed by atoms with Gasteiger partial charge < -0.3 is 24.8 Å². The number of likely N-dealkylation sites (tertiary alicyclic amines) is 1. The van der Waals surface area contributed by atoms with E-state index in [9.17, 15) is 5.11 Å². The van der Waals surface area contributed by atoms with Crippen molar-refractivity contribution in [2.45, 2.75) is 58.3 Å². The summed E-state index contributed by atoms with van der Waals surface area (Å²) in [5.74, 6) is 1.73. The zero-order valence-electron chi connectivity index (χ0n) is 24.4. The van der Waals surface area contributed by atoms with Gasteiger partial charge in [-0.2, -0.15) is 0 Å². The molecule has 1 aromatic carbocycles. The van der Waals surface area contributed by atoms with E-state index in [2.05, 4.69) is 50.3 Å². The molecule has 216 valence electrons. The van der Waals surface area contributed by atoms with Crippen molar-refractivity contribution in [1.82, 2.24) is 19.9 Å². The van der Waals surface area contributed by atoms with Crippen LogP contribution < -0.4 is 19.7 Å². The average molecular weight is 575 g/mol. The molecule has 3 aromatic heterocycles. The van der Waals surface area contributed by atoms with Crippen LogP contribution >= 0.6 is 11.3 Å². The van der Waals surface area contributed by atoms with Gasteiger partial charge in [0.2, 0.25) is 11.8 Å². The summed E-state index contributed by atoms with van der Waals surface area (Å²) in [6, 6.07) is 10.3. The number of aliphatic hydroxyl groups is 1. The van der Waals surface area contributed by atoms with Gasteiger partial charge in [0, 0.05) is 52.1 Å². The zero-order valence-corrected chi connectivity index (χ0v) is 25.2. The van der Waals surface area contributed by atoms with Gasteiger partial charge in [-0.1, -0.05) is 0 Å². The summed E-state index contributed by atoms with van der Waals surface area (Å²) in [5.41, 5.74) is 5.48. The third-order valence-corrected chi connectivity index (χ3v) is 9.43. The summed E-state index contributed by atoms with van der Waals surface area (Å²) in [6.45, 7) is 9.15. The molecule has 41 heavy (non-hydrogen) atoms. The number of methoxy groups -OCH3 is 1. The molecule has 9 nitrogen and oxygen atoms in total. The number of aromatic nitrogens is 3. The number of fused-ring (bicyclic) bond motifs is 1. The van der Waals surface area contributed by atoms with Crippen LogP contribution in [0.5, 0.6) is 11.6 Å². The molecule has 1 unspecified atom stereocenters. The fourth-order valence-electron chi connectivity index (χ4n) is 6.22. The zero-order chi connectivity index (χ0) is 28.7. The van der Waals surface area contributed by atoms with Crippen molar-refractivity contribution in [2.75, 3.05) is 44.0 Å². The van der Waals surface area contributed by atoms with E-state index in [-0.39, 0.29) is 12.7 Å². The van der Waals surface area contributed by atoms with Crippen molar-refractivity contribution < 1.29 is 14.6 Å². The maximum atomic E-state index is 10.2. The molecule has 10 heteroatoms. The Labute approximate surface area is 245 Å². The second-order valence-corrected chi connectivity index (χ2v) is 12.5. The van der Waals surface area contributed by atoms with Crippen LogP contribution in [0, 0.1) is 6.92 Å². The van der Waals surface area contributed by atoms with Crippen LogP contribution in [0.1, 0.15) is 43.7 Å². The van der Waals surface area contributed by atoms with E-state index in [1.54, 1.807) is 13.3 Å². The highest BCUT2D eigenvalue weighted by molar-refractivity contribution is 7.19. The van der Waals surface area contributed by atoms with Gasteiger partial charge in [0.05, 0.1) is 41.9 Å². The molecular formula is C31H38N6O3S. The summed E-state index contributed by atoms with van der Waals surface area (Å²) in [7, 11) is 3.87. The summed E-state index contributed by atoms with van der Waals surface area (Å²) >= 11 is 1.47. The van der Waals surface area contributed by atoms with E-state index in [0.29, 0.717) is 17.4 Å². The van der Waals surface area contributed by atoms with Gasteiger partial charge in [0.15, 0.2) is 0 Å². The number of nitrogens with zero attached hydrogens (tertiary/aromatic N) is 5. The van der Waals surface area contributed by atoms with Gasteiger partial charge in [-0.25, -0.2) is 15.0 Å². The molecule has 2 N–H and O–H groups in total. The predicted molar refractivity (Wildman–Crippen MR) is 165 cm³/mol. The molecule has 2 saturated heterocycles. The first-order valence-corrected chi connectivity index (χ1v) is 15.1. The molecule has 4 aromatic rings. The number of anilines is 3. The molecule has 0 saturated carbocycles. The number of aryl methyl sites for hydroxylation is 1.